The molecule has 0 amide bonds. The van der Waals surface area contributed by atoms with Crippen LogP contribution in [0.25, 0.3) is 101 Å². The molecule has 12 rings (SSSR count). The Hall–Kier alpha value is -8.50. The van der Waals surface area contributed by atoms with Crippen LogP contribution >= 0.6 is 42.6 Å². The van der Waals surface area contributed by atoms with Gasteiger partial charge in [0, 0.05) is 21.1 Å². The fraction of sp³-hybridized carbons (Fsp3) is 0.158. The monoisotopic (exact) mass is 1320 g/mol. The van der Waals surface area contributed by atoms with Gasteiger partial charge in [-0.3, -0.25) is 27.6 Å². The highest BCUT2D eigenvalue weighted by molar-refractivity contribution is 7.48. The summed E-state index contributed by atoms with van der Waals surface area (Å²) < 4.78 is 214. The van der Waals surface area contributed by atoms with E-state index in [9.17, 15) is 39.5 Å². The third-order valence-electron chi connectivity index (χ3n) is 14.3. The summed E-state index contributed by atoms with van der Waals surface area (Å²) in [7, 11) is -1.57. The molecule has 0 unspecified atom stereocenters. The SMILES string of the molecule is Cn1nc(C(F)(F)F)cc1-c1ccc2c(cc(-c3c(F)cccc3Cl)n2COP(=O)(OCn2c(-c3c(F)cccc3Cl)cc3nc(-c4cc(C(F)(F)F)nn4C)ccc32)OCn2c(-c3c(F)cccc3Cl)cc3nc(-c4cc(C(F)(F)F)nn4C)ccc32)n1. The number of phosphoric acid groups is 1. The average Bonchev–Trinajstić information content (AvgIpc) is 1.65. The van der Waals surface area contributed by atoms with Crippen LogP contribution in [-0.2, 0) is 78.0 Å². The molecule has 12 aromatic rings. The van der Waals surface area contributed by atoms with Crippen molar-refractivity contribution in [2.75, 3.05) is 0 Å². The molecule has 0 bridgehead atoms. The van der Waals surface area contributed by atoms with E-state index in [1.54, 1.807) is 0 Å². The molecule has 0 saturated carbocycles. The Morgan fingerprint density at radius 2 is 0.674 bits per heavy atom. The maximum atomic E-state index is 16.1. The number of halogens is 15. The Bertz CT molecular complexity index is 4320. The largest absolute Gasteiger partial charge is 0.480 e. The summed E-state index contributed by atoms with van der Waals surface area (Å²) in [5.41, 5.74) is -4.58. The number of pyridine rings is 3. The fourth-order valence-corrected chi connectivity index (χ4v) is 11.9. The van der Waals surface area contributed by atoms with Crippen LogP contribution in [0.4, 0.5) is 52.7 Å². The van der Waals surface area contributed by atoms with Crippen molar-refractivity contribution in [1.82, 2.24) is 58.0 Å². The zero-order valence-electron chi connectivity index (χ0n) is 45.4. The molecule has 0 aliphatic rings. The highest BCUT2D eigenvalue weighted by atomic mass is 35.5. The second-order valence-electron chi connectivity index (χ2n) is 19.8. The van der Waals surface area contributed by atoms with Crippen molar-refractivity contribution in [3.05, 3.63) is 177 Å². The lowest BCUT2D eigenvalue weighted by atomic mass is 10.1. The lowest BCUT2D eigenvalue weighted by Crippen LogP contribution is -2.12. The van der Waals surface area contributed by atoms with Crippen molar-refractivity contribution in [2.24, 2.45) is 21.1 Å². The number of phosphoric ester groups is 1. The zero-order valence-corrected chi connectivity index (χ0v) is 48.5. The van der Waals surface area contributed by atoms with Crippen molar-refractivity contribution >= 4 is 75.7 Å². The van der Waals surface area contributed by atoms with Crippen molar-refractivity contribution in [1.29, 1.82) is 0 Å². The van der Waals surface area contributed by atoms with Gasteiger partial charge in [-0.15, -0.1) is 0 Å². The zero-order chi connectivity index (χ0) is 63.4. The van der Waals surface area contributed by atoms with E-state index in [1.165, 1.54) is 126 Å². The van der Waals surface area contributed by atoms with Gasteiger partial charge in [0.15, 0.2) is 17.1 Å². The quantitative estimate of drug-likeness (QED) is 0.0716. The summed E-state index contributed by atoms with van der Waals surface area (Å²) in [5, 5.41) is 10.3. The van der Waals surface area contributed by atoms with Gasteiger partial charge in [-0.05, 0) is 109 Å². The maximum Gasteiger partial charge on any atom is 0.480 e. The second-order valence-corrected chi connectivity index (χ2v) is 22.7. The molecule has 0 radical (unpaired) electrons. The highest BCUT2D eigenvalue weighted by Crippen LogP contribution is 2.53. The minimum Gasteiger partial charge on any atom is -0.314 e. The number of rotatable bonds is 15. The predicted octanol–water partition coefficient (Wildman–Crippen LogP) is 16.8. The summed E-state index contributed by atoms with van der Waals surface area (Å²) in [5.74, 6) is -2.63. The van der Waals surface area contributed by atoms with Crippen LogP contribution in [0.1, 0.15) is 17.1 Å². The van der Waals surface area contributed by atoms with Crippen molar-refractivity contribution in [3.8, 4) is 67.9 Å². The summed E-state index contributed by atoms with van der Waals surface area (Å²) in [6, 6.07) is 25.8. The molecular weight excluding hydrogens is 1280 g/mol. The van der Waals surface area contributed by atoms with Crippen LogP contribution < -0.4 is 0 Å². The predicted molar refractivity (Wildman–Crippen MR) is 303 cm³/mol. The average molecular weight is 1320 g/mol. The summed E-state index contributed by atoms with van der Waals surface area (Å²) in [4.78, 5) is 13.8. The Morgan fingerprint density at radius 1 is 0.404 bits per heavy atom. The summed E-state index contributed by atoms with van der Waals surface area (Å²) in [6.45, 7) is -2.77. The van der Waals surface area contributed by atoms with Gasteiger partial charge in [0.2, 0.25) is 0 Å². The molecule has 0 aliphatic heterocycles. The number of benzene rings is 3. The number of aryl methyl sites for hydroxylation is 3. The number of nitrogens with zero attached hydrogens (tertiary/aromatic N) is 12. The van der Waals surface area contributed by atoms with E-state index in [0.29, 0.717) is 0 Å². The molecule has 9 heterocycles. The first-order valence-corrected chi connectivity index (χ1v) is 28.4. The molecule has 32 heteroatoms. The molecule has 0 aliphatic carbocycles. The van der Waals surface area contributed by atoms with Crippen molar-refractivity contribution in [2.45, 2.75) is 38.7 Å². The lowest BCUT2D eigenvalue weighted by Gasteiger charge is -2.22. The summed E-state index contributed by atoms with van der Waals surface area (Å²) in [6.07, 6.45) is -14.5. The molecule has 9 aromatic heterocycles. The fourth-order valence-electron chi connectivity index (χ4n) is 10.1. The van der Waals surface area contributed by atoms with E-state index in [-0.39, 0.29) is 116 Å². The smallest absolute Gasteiger partial charge is 0.314 e. The lowest BCUT2D eigenvalue weighted by molar-refractivity contribution is -0.142. The molecule has 3 aromatic carbocycles. The molecular formula is C57H36Cl3F12N12O4P. The van der Waals surface area contributed by atoms with Gasteiger partial charge in [0.1, 0.15) is 37.6 Å². The van der Waals surface area contributed by atoms with Crippen LogP contribution in [-0.4, -0.2) is 58.0 Å². The van der Waals surface area contributed by atoms with E-state index in [2.05, 4.69) is 30.2 Å². The van der Waals surface area contributed by atoms with Crippen LogP contribution in [0.2, 0.25) is 15.1 Å². The number of hydrogen-bond donors (Lipinski definition) is 0. The van der Waals surface area contributed by atoms with E-state index in [0.717, 1.165) is 50.4 Å². The number of hydrogen-bond acceptors (Lipinski definition) is 10. The molecule has 0 spiro atoms. The number of fused-ring (bicyclic) bond motifs is 3. The van der Waals surface area contributed by atoms with E-state index in [1.807, 2.05) is 0 Å². The Balaban J connectivity index is 0.999. The van der Waals surface area contributed by atoms with Crippen LogP contribution in [0.3, 0.4) is 0 Å². The molecule has 0 fully saturated rings. The Labute approximate surface area is 507 Å². The minimum atomic E-state index is -5.37. The van der Waals surface area contributed by atoms with E-state index >= 15 is 17.7 Å². The summed E-state index contributed by atoms with van der Waals surface area (Å²) >= 11 is 20.0. The number of alkyl halides is 9. The first kappa shape index (κ1) is 60.8. The molecule has 89 heavy (non-hydrogen) atoms. The van der Waals surface area contributed by atoms with Crippen molar-refractivity contribution < 1.29 is 70.8 Å². The van der Waals surface area contributed by atoms with Gasteiger partial charge in [0.25, 0.3) is 0 Å². The van der Waals surface area contributed by atoms with Gasteiger partial charge in [-0.25, -0.2) is 32.7 Å². The van der Waals surface area contributed by atoms with Crippen LogP contribution in [0, 0.1) is 17.5 Å². The van der Waals surface area contributed by atoms with Gasteiger partial charge in [-0.1, -0.05) is 53.0 Å². The third kappa shape index (κ3) is 11.4. The van der Waals surface area contributed by atoms with Gasteiger partial charge < -0.3 is 13.7 Å². The van der Waals surface area contributed by atoms with Crippen LogP contribution in [0.15, 0.2) is 127 Å². The Morgan fingerprint density at radius 3 is 0.910 bits per heavy atom. The van der Waals surface area contributed by atoms with E-state index < -0.39 is 81.1 Å². The highest BCUT2D eigenvalue weighted by Gasteiger charge is 2.38. The normalized spacial score (nSPS) is 12.7. The molecule has 458 valence electrons. The number of aromatic nitrogens is 12. The Kier molecular flexibility index (Phi) is 15.4. The molecule has 0 atom stereocenters. The molecule has 16 nitrogen and oxygen atoms in total. The topological polar surface area (TPSA) is 152 Å². The maximum absolute atomic E-state index is 16.1. The second kappa shape index (κ2) is 22.5. The van der Waals surface area contributed by atoms with Gasteiger partial charge in [0.05, 0.1) is 116 Å². The van der Waals surface area contributed by atoms with E-state index in [4.69, 9.17) is 48.4 Å². The first-order chi connectivity index (χ1) is 42.0. The molecule has 0 saturated heterocycles. The molecule has 0 N–H and O–H groups in total. The first-order valence-electron chi connectivity index (χ1n) is 25.8. The standard InChI is InChI=1S/C57H36Cl3F12N12O4P/c1-79-43(22-49(76-79)55(64,65)66)34-13-16-40-37(73-34)19-46(52-28(58)7-4-10-31(52)61)82(40)25-86-89(85,87-26-83-41-17-14-35(44-23-50(56(67,68)69)77-80(44)2)74-38(41)20-47(83)53-29(59)8-5-11-32(53)62)88-27-84-42-18-15-36(45-24-51(57(70,71)72)78-81(45)3)75-39(42)21-48(84)54-30(60)9-6-12-33(54)63/h4-24H,25-27H2,1-3H3. The van der Waals surface area contributed by atoms with Crippen molar-refractivity contribution in [3.63, 3.8) is 0 Å². The van der Waals surface area contributed by atoms with Gasteiger partial charge in [-0.2, -0.15) is 54.8 Å². The minimum absolute atomic E-state index is 0.0139. The van der Waals surface area contributed by atoms with Gasteiger partial charge >= 0.3 is 26.4 Å². The van der Waals surface area contributed by atoms with Crippen LogP contribution in [0.5, 0.6) is 0 Å². The third-order valence-corrected chi connectivity index (χ3v) is 16.5.